The van der Waals surface area contributed by atoms with Crippen LogP contribution >= 0.6 is 0 Å². The van der Waals surface area contributed by atoms with Crippen molar-refractivity contribution < 1.29 is 14.3 Å². The molecule has 0 bridgehead atoms. The molecule has 0 aromatic heterocycles. The lowest BCUT2D eigenvalue weighted by Gasteiger charge is -2.34. The van der Waals surface area contributed by atoms with Crippen LogP contribution in [0, 0.1) is 11.8 Å². The monoisotopic (exact) mass is 319 g/mol. The average molecular weight is 319 g/mol. The minimum absolute atomic E-state index is 0.144. The van der Waals surface area contributed by atoms with Crippen LogP contribution in [0.2, 0.25) is 0 Å². The van der Waals surface area contributed by atoms with Gasteiger partial charge in [-0.15, -0.1) is 0 Å². The van der Waals surface area contributed by atoms with E-state index in [0.717, 1.165) is 12.0 Å². The van der Waals surface area contributed by atoms with Gasteiger partial charge in [0.15, 0.2) is 11.5 Å². The van der Waals surface area contributed by atoms with Gasteiger partial charge < -0.3 is 14.8 Å². The van der Waals surface area contributed by atoms with Crippen molar-refractivity contribution in [2.75, 3.05) is 14.2 Å². The van der Waals surface area contributed by atoms with Crippen LogP contribution in [-0.2, 0) is 11.2 Å². The molecule has 4 nitrogen and oxygen atoms in total. The molecule has 3 atom stereocenters. The van der Waals surface area contributed by atoms with E-state index in [4.69, 9.17) is 9.47 Å². The Morgan fingerprint density at radius 1 is 1.17 bits per heavy atom. The fraction of sp³-hybridized carbons (Fsp3) is 0.632. The van der Waals surface area contributed by atoms with E-state index in [2.05, 4.69) is 19.2 Å². The number of hydrogen-bond acceptors (Lipinski definition) is 3. The molecule has 0 radical (unpaired) electrons. The fourth-order valence-corrected chi connectivity index (χ4v) is 3.36. The van der Waals surface area contributed by atoms with Crippen LogP contribution in [-0.4, -0.2) is 26.2 Å². The van der Waals surface area contributed by atoms with Gasteiger partial charge in [-0.25, -0.2) is 0 Å². The highest BCUT2D eigenvalue weighted by molar-refractivity contribution is 5.76. The molecular formula is C19H29NO3. The van der Waals surface area contributed by atoms with Crippen molar-refractivity contribution >= 4 is 5.91 Å². The number of ether oxygens (including phenoxy) is 2. The van der Waals surface area contributed by atoms with Crippen molar-refractivity contribution in [3.63, 3.8) is 0 Å². The second-order valence-corrected chi connectivity index (χ2v) is 6.63. The van der Waals surface area contributed by atoms with Gasteiger partial charge in [-0.1, -0.05) is 32.8 Å². The van der Waals surface area contributed by atoms with E-state index in [1.807, 2.05) is 18.2 Å². The smallest absolute Gasteiger partial charge is 0.220 e. The Morgan fingerprint density at radius 3 is 2.61 bits per heavy atom. The molecule has 3 unspecified atom stereocenters. The van der Waals surface area contributed by atoms with Crippen molar-refractivity contribution in [3.05, 3.63) is 23.8 Å². The largest absolute Gasteiger partial charge is 0.493 e. The second-order valence-electron chi connectivity index (χ2n) is 6.63. The molecule has 1 amide bonds. The maximum absolute atomic E-state index is 12.2. The van der Waals surface area contributed by atoms with Crippen LogP contribution < -0.4 is 14.8 Å². The first-order valence-electron chi connectivity index (χ1n) is 8.55. The highest BCUT2D eigenvalue weighted by atomic mass is 16.5. The molecule has 2 rings (SSSR count). The predicted octanol–water partition coefficient (Wildman–Crippen LogP) is 3.58. The number of methoxy groups -OCH3 is 2. The zero-order valence-corrected chi connectivity index (χ0v) is 14.7. The molecule has 1 fully saturated rings. The maximum atomic E-state index is 12.2. The third-order valence-electron chi connectivity index (χ3n) is 5.14. The van der Waals surface area contributed by atoms with E-state index in [9.17, 15) is 4.79 Å². The van der Waals surface area contributed by atoms with Gasteiger partial charge in [0.1, 0.15) is 0 Å². The minimum atomic E-state index is 0.144. The van der Waals surface area contributed by atoms with Crippen LogP contribution in [0.25, 0.3) is 0 Å². The highest BCUT2D eigenvalue weighted by Gasteiger charge is 2.27. The van der Waals surface area contributed by atoms with Crippen molar-refractivity contribution in [3.8, 4) is 11.5 Å². The summed E-state index contributed by atoms with van der Waals surface area (Å²) < 4.78 is 10.5. The van der Waals surface area contributed by atoms with Gasteiger partial charge in [-0.3, -0.25) is 4.79 Å². The first kappa shape index (κ1) is 17.6. The van der Waals surface area contributed by atoms with Gasteiger partial charge in [-0.05, 0) is 42.4 Å². The van der Waals surface area contributed by atoms with Gasteiger partial charge in [0.2, 0.25) is 5.91 Å². The molecule has 0 heterocycles. The molecule has 1 N–H and O–H groups in total. The quantitative estimate of drug-likeness (QED) is 0.872. The van der Waals surface area contributed by atoms with Gasteiger partial charge >= 0.3 is 0 Å². The van der Waals surface area contributed by atoms with E-state index < -0.39 is 0 Å². The second kappa shape index (κ2) is 8.23. The number of aryl methyl sites for hydroxylation is 1. The summed E-state index contributed by atoms with van der Waals surface area (Å²) in [6.45, 7) is 4.54. The van der Waals surface area contributed by atoms with Crippen LogP contribution in [0.1, 0.15) is 45.1 Å². The normalized spacial score (nSPS) is 24.1. The molecule has 4 heteroatoms. The average Bonchev–Trinajstić information content (AvgIpc) is 2.56. The van der Waals surface area contributed by atoms with E-state index in [0.29, 0.717) is 42.2 Å². The Kier molecular flexibility index (Phi) is 6.31. The van der Waals surface area contributed by atoms with Crippen molar-refractivity contribution in [1.82, 2.24) is 5.32 Å². The van der Waals surface area contributed by atoms with Gasteiger partial charge in [-0.2, -0.15) is 0 Å². The summed E-state index contributed by atoms with van der Waals surface area (Å²) in [6.07, 6.45) is 4.81. The third kappa shape index (κ3) is 4.63. The Labute approximate surface area is 139 Å². The van der Waals surface area contributed by atoms with E-state index in [1.54, 1.807) is 14.2 Å². The molecule has 1 saturated carbocycles. The lowest BCUT2D eigenvalue weighted by atomic mass is 9.78. The molecule has 0 spiro atoms. The standard InChI is InChI=1S/C19H29NO3/c1-13-6-5-7-16(14(13)2)20-19(21)11-9-15-8-10-17(22-3)18(12-15)23-4/h8,10,12-14,16H,5-7,9,11H2,1-4H3,(H,20,21). The van der Waals surface area contributed by atoms with Crippen molar-refractivity contribution in [2.45, 2.75) is 52.0 Å². The number of carbonyl (C=O) groups is 1. The summed E-state index contributed by atoms with van der Waals surface area (Å²) in [5, 5.41) is 3.23. The predicted molar refractivity (Wildman–Crippen MR) is 92.0 cm³/mol. The Hall–Kier alpha value is -1.71. The summed E-state index contributed by atoms with van der Waals surface area (Å²) in [6, 6.07) is 6.14. The summed E-state index contributed by atoms with van der Waals surface area (Å²) in [7, 11) is 3.25. The number of amides is 1. The molecule has 128 valence electrons. The van der Waals surface area contributed by atoms with Gasteiger partial charge in [0.05, 0.1) is 14.2 Å². The van der Waals surface area contributed by atoms with Crippen LogP contribution in [0.3, 0.4) is 0 Å². The van der Waals surface area contributed by atoms with Crippen molar-refractivity contribution in [2.24, 2.45) is 11.8 Å². The third-order valence-corrected chi connectivity index (χ3v) is 5.14. The zero-order valence-electron chi connectivity index (χ0n) is 14.7. The first-order chi connectivity index (χ1) is 11.0. The van der Waals surface area contributed by atoms with Gasteiger partial charge in [0.25, 0.3) is 0 Å². The number of hydrogen-bond donors (Lipinski definition) is 1. The SMILES string of the molecule is COc1ccc(CCC(=O)NC2CCCC(C)C2C)cc1OC. The summed E-state index contributed by atoms with van der Waals surface area (Å²) in [5.74, 6) is 2.82. The maximum Gasteiger partial charge on any atom is 0.220 e. The topological polar surface area (TPSA) is 47.6 Å². The van der Waals surface area contributed by atoms with Gasteiger partial charge in [0, 0.05) is 12.5 Å². The molecule has 1 aliphatic rings. The number of benzene rings is 1. The van der Waals surface area contributed by atoms with Crippen molar-refractivity contribution in [1.29, 1.82) is 0 Å². The molecule has 1 aromatic rings. The fourth-order valence-electron chi connectivity index (χ4n) is 3.36. The Morgan fingerprint density at radius 2 is 1.91 bits per heavy atom. The molecular weight excluding hydrogens is 290 g/mol. The summed E-state index contributed by atoms with van der Waals surface area (Å²) in [4.78, 5) is 12.2. The summed E-state index contributed by atoms with van der Waals surface area (Å²) >= 11 is 0. The van der Waals surface area contributed by atoms with Crippen LogP contribution in [0.5, 0.6) is 11.5 Å². The molecule has 0 aliphatic heterocycles. The Bertz CT molecular complexity index is 529. The molecule has 1 aliphatic carbocycles. The lowest BCUT2D eigenvalue weighted by Crippen LogP contribution is -2.43. The number of rotatable bonds is 6. The summed E-state index contributed by atoms with van der Waals surface area (Å²) in [5.41, 5.74) is 1.09. The van der Waals surface area contributed by atoms with E-state index in [1.165, 1.54) is 12.8 Å². The van der Waals surface area contributed by atoms with Crippen LogP contribution in [0.4, 0.5) is 0 Å². The molecule has 1 aromatic carbocycles. The molecule has 23 heavy (non-hydrogen) atoms. The minimum Gasteiger partial charge on any atom is -0.493 e. The number of carbonyl (C=O) groups excluding carboxylic acids is 1. The Balaban J connectivity index is 1.87. The lowest BCUT2D eigenvalue weighted by molar-refractivity contribution is -0.122. The zero-order chi connectivity index (χ0) is 16.8. The number of nitrogens with one attached hydrogen (secondary N) is 1. The van der Waals surface area contributed by atoms with E-state index in [-0.39, 0.29) is 5.91 Å². The highest BCUT2D eigenvalue weighted by Crippen LogP contribution is 2.30. The first-order valence-corrected chi connectivity index (χ1v) is 8.55. The van der Waals surface area contributed by atoms with E-state index >= 15 is 0 Å². The van der Waals surface area contributed by atoms with Crippen LogP contribution in [0.15, 0.2) is 18.2 Å². The molecule has 0 saturated heterocycles.